The fourth-order valence-electron chi connectivity index (χ4n) is 3.08. The van der Waals surface area contributed by atoms with Crippen LogP contribution in [0.3, 0.4) is 0 Å². The second-order valence-electron chi connectivity index (χ2n) is 6.26. The Hall–Kier alpha value is -4.28. The Morgan fingerprint density at radius 2 is 1.77 bits per heavy atom. The van der Waals surface area contributed by atoms with Gasteiger partial charge in [0, 0.05) is 18.2 Å². The summed E-state index contributed by atoms with van der Waals surface area (Å²) in [5, 5.41) is 14.8. The largest absolute Gasteiger partial charge is 0.497 e. The van der Waals surface area contributed by atoms with E-state index in [1.165, 1.54) is 26.4 Å². The first-order valence-electron chi connectivity index (χ1n) is 8.62. The third-order valence-corrected chi connectivity index (χ3v) is 4.58. The summed E-state index contributed by atoms with van der Waals surface area (Å²) >= 11 is 0. The van der Waals surface area contributed by atoms with Gasteiger partial charge in [0.1, 0.15) is 18.0 Å². The highest BCUT2D eigenvalue weighted by Crippen LogP contribution is 2.32. The van der Waals surface area contributed by atoms with E-state index in [1.54, 1.807) is 18.2 Å². The molecule has 0 bridgehead atoms. The summed E-state index contributed by atoms with van der Waals surface area (Å²) in [5.41, 5.74) is 0.308. The van der Waals surface area contributed by atoms with E-state index in [-0.39, 0.29) is 35.1 Å². The summed E-state index contributed by atoms with van der Waals surface area (Å²) in [5.74, 6) is 0.00459. The highest BCUT2D eigenvalue weighted by atomic mass is 16.6. The van der Waals surface area contributed by atoms with Crippen LogP contribution in [0.15, 0.2) is 40.9 Å². The summed E-state index contributed by atoms with van der Waals surface area (Å²) in [6.45, 7) is -0.272. The molecule has 0 unspecified atom stereocenters. The van der Waals surface area contributed by atoms with Crippen molar-refractivity contribution in [2.24, 2.45) is 0 Å². The normalized spacial score (nSPS) is 12.8. The van der Waals surface area contributed by atoms with Crippen LogP contribution >= 0.6 is 0 Å². The van der Waals surface area contributed by atoms with Crippen LogP contribution in [0.4, 0.5) is 5.69 Å². The molecule has 0 aliphatic carbocycles. The van der Waals surface area contributed by atoms with Crippen molar-refractivity contribution in [2.45, 2.75) is 6.54 Å². The number of nitrogens with zero attached hydrogens (tertiary/aromatic N) is 4. The van der Waals surface area contributed by atoms with Crippen LogP contribution in [0.1, 0.15) is 26.6 Å². The number of methoxy groups -OCH3 is 2. The number of benzene rings is 2. The van der Waals surface area contributed by atoms with Gasteiger partial charge in [-0.3, -0.25) is 24.6 Å². The average molecular weight is 410 g/mol. The van der Waals surface area contributed by atoms with Crippen molar-refractivity contribution < 1.29 is 28.5 Å². The fraction of sp³-hybridized carbons (Fsp3) is 0.158. The van der Waals surface area contributed by atoms with Gasteiger partial charge in [-0.1, -0.05) is 5.16 Å². The molecular formula is C19H14N4O7. The second kappa shape index (κ2) is 7.28. The van der Waals surface area contributed by atoms with Gasteiger partial charge in [-0.2, -0.15) is 4.98 Å². The SMILES string of the molecule is COc1ccc(-c2noc(CN3C(=O)c4ccc([N+](=O)[O-])cc4C3=O)n2)c(OC)c1. The number of nitro benzene ring substituents is 1. The molecule has 2 heterocycles. The van der Waals surface area contributed by atoms with Crippen LogP contribution < -0.4 is 9.47 Å². The van der Waals surface area contributed by atoms with Gasteiger partial charge in [-0.15, -0.1) is 0 Å². The van der Waals surface area contributed by atoms with Crippen LogP contribution in [0, 0.1) is 10.1 Å². The van der Waals surface area contributed by atoms with Crippen LogP contribution in [0.25, 0.3) is 11.4 Å². The van der Waals surface area contributed by atoms with Gasteiger partial charge in [0.05, 0.1) is 35.8 Å². The van der Waals surface area contributed by atoms with E-state index >= 15 is 0 Å². The summed E-state index contributed by atoms with van der Waals surface area (Å²) in [6.07, 6.45) is 0. The van der Waals surface area contributed by atoms with Crippen LogP contribution in [-0.2, 0) is 6.54 Å². The molecule has 1 aromatic heterocycles. The third-order valence-electron chi connectivity index (χ3n) is 4.58. The molecule has 0 radical (unpaired) electrons. The van der Waals surface area contributed by atoms with Crippen molar-refractivity contribution >= 4 is 17.5 Å². The Morgan fingerprint density at radius 3 is 2.47 bits per heavy atom. The van der Waals surface area contributed by atoms with E-state index in [1.807, 2.05) is 0 Å². The molecule has 11 nitrogen and oxygen atoms in total. The Balaban J connectivity index is 1.59. The number of hydrogen-bond donors (Lipinski definition) is 0. The number of non-ortho nitro benzene ring substituents is 1. The van der Waals surface area contributed by atoms with E-state index < -0.39 is 16.7 Å². The molecule has 30 heavy (non-hydrogen) atoms. The van der Waals surface area contributed by atoms with Gasteiger partial charge in [-0.25, -0.2) is 0 Å². The molecule has 0 saturated carbocycles. The predicted octanol–water partition coefficient (Wildman–Crippen LogP) is 2.46. The van der Waals surface area contributed by atoms with Gasteiger partial charge in [0.25, 0.3) is 17.5 Å². The van der Waals surface area contributed by atoms with E-state index in [9.17, 15) is 19.7 Å². The predicted molar refractivity (Wildman–Crippen MR) is 100 cm³/mol. The first kappa shape index (κ1) is 19.1. The number of hydrogen-bond acceptors (Lipinski definition) is 9. The number of aromatic nitrogens is 2. The Morgan fingerprint density at radius 1 is 1.03 bits per heavy atom. The molecule has 4 rings (SSSR count). The Bertz CT molecular complexity index is 1190. The molecule has 0 atom stereocenters. The average Bonchev–Trinajstić information content (AvgIpc) is 3.32. The van der Waals surface area contributed by atoms with E-state index in [0.29, 0.717) is 17.1 Å². The number of amides is 2. The first-order chi connectivity index (χ1) is 14.4. The minimum atomic E-state index is -0.666. The van der Waals surface area contributed by atoms with E-state index in [0.717, 1.165) is 11.0 Å². The van der Waals surface area contributed by atoms with Crippen molar-refractivity contribution in [3.8, 4) is 22.9 Å². The number of imide groups is 1. The third kappa shape index (κ3) is 3.11. The lowest BCUT2D eigenvalue weighted by atomic mass is 10.1. The zero-order valence-corrected chi connectivity index (χ0v) is 15.8. The number of carbonyl (C=O) groups is 2. The summed E-state index contributed by atoms with van der Waals surface area (Å²) in [7, 11) is 3.01. The zero-order valence-electron chi connectivity index (χ0n) is 15.8. The highest BCUT2D eigenvalue weighted by molar-refractivity contribution is 6.21. The van der Waals surface area contributed by atoms with Crippen molar-refractivity contribution in [3.05, 3.63) is 63.5 Å². The molecule has 152 valence electrons. The maximum absolute atomic E-state index is 12.6. The number of ether oxygens (including phenoxy) is 2. The summed E-state index contributed by atoms with van der Waals surface area (Å²) in [6, 6.07) is 8.56. The van der Waals surface area contributed by atoms with Crippen LogP contribution in [0.2, 0.25) is 0 Å². The van der Waals surface area contributed by atoms with Gasteiger partial charge in [0.2, 0.25) is 11.7 Å². The molecule has 2 amide bonds. The van der Waals surface area contributed by atoms with Gasteiger partial charge in [0.15, 0.2) is 0 Å². The topological polar surface area (TPSA) is 138 Å². The molecule has 1 aliphatic rings. The lowest BCUT2D eigenvalue weighted by Crippen LogP contribution is -2.29. The van der Waals surface area contributed by atoms with Crippen molar-refractivity contribution in [3.63, 3.8) is 0 Å². The van der Waals surface area contributed by atoms with Crippen LogP contribution in [-0.4, -0.2) is 46.0 Å². The minimum Gasteiger partial charge on any atom is -0.497 e. The number of nitro groups is 1. The molecular weight excluding hydrogens is 396 g/mol. The van der Waals surface area contributed by atoms with E-state index in [2.05, 4.69) is 10.1 Å². The summed E-state index contributed by atoms with van der Waals surface area (Å²) in [4.78, 5) is 40.6. The van der Waals surface area contributed by atoms with Crippen molar-refractivity contribution in [1.29, 1.82) is 0 Å². The molecule has 0 saturated heterocycles. The van der Waals surface area contributed by atoms with E-state index in [4.69, 9.17) is 14.0 Å². The number of fused-ring (bicyclic) bond motifs is 1. The molecule has 0 fully saturated rings. The molecule has 0 spiro atoms. The maximum atomic E-state index is 12.6. The van der Waals surface area contributed by atoms with Crippen LogP contribution in [0.5, 0.6) is 11.5 Å². The molecule has 0 N–H and O–H groups in total. The second-order valence-corrected chi connectivity index (χ2v) is 6.26. The van der Waals surface area contributed by atoms with Gasteiger partial charge < -0.3 is 14.0 Å². The Labute approximate surface area is 169 Å². The number of carbonyl (C=O) groups excluding carboxylic acids is 2. The zero-order chi connectivity index (χ0) is 21.4. The summed E-state index contributed by atoms with van der Waals surface area (Å²) < 4.78 is 15.7. The highest BCUT2D eigenvalue weighted by Gasteiger charge is 2.37. The first-order valence-corrected chi connectivity index (χ1v) is 8.62. The van der Waals surface area contributed by atoms with Gasteiger partial charge in [-0.05, 0) is 18.2 Å². The number of rotatable bonds is 6. The molecule has 11 heteroatoms. The quantitative estimate of drug-likeness (QED) is 0.341. The maximum Gasteiger partial charge on any atom is 0.270 e. The monoisotopic (exact) mass is 410 g/mol. The Kier molecular flexibility index (Phi) is 4.62. The molecule has 2 aromatic carbocycles. The molecule has 3 aromatic rings. The lowest BCUT2D eigenvalue weighted by Gasteiger charge is -2.10. The minimum absolute atomic E-state index is 0.0203. The molecule has 1 aliphatic heterocycles. The van der Waals surface area contributed by atoms with Gasteiger partial charge >= 0.3 is 0 Å². The van der Waals surface area contributed by atoms with Crippen molar-refractivity contribution in [1.82, 2.24) is 15.0 Å². The smallest absolute Gasteiger partial charge is 0.270 e. The fourth-order valence-corrected chi connectivity index (χ4v) is 3.08. The van der Waals surface area contributed by atoms with Crippen molar-refractivity contribution in [2.75, 3.05) is 14.2 Å². The lowest BCUT2D eigenvalue weighted by molar-refractivity contribution is -0.384. The standard InChI is InChI=1S/C19H14N4O7/c1-28-11-4-6-13(15(8-11)29-2)17-20-16(30-21-17)9-22-18(24)12-5-3-10(23(26)27)7-14(12)19(22)25/h3-8H,9H2,1-2H3.